The van der Waals surface area contributed by atoms with Crippen molar-refractivity contribution < 1.29 is 80.2 Å². The van der Waals surface area contributed by atoms with Crippen LogP contribution in [-0.4, -0.2) is 96.7 Å². The number of rotatable bonds is 77. The van der Waals surface area contributed by atoms with Gasteiger partial charge in [-0.1, -0.05) is 356 Å². The van der Waals surface area contributed by atoms with Crippen molar-refractivity contribution in [2.45, 2.75) is 426 Å². The summed E-state index contributed by atoms with van der Waals surface area (Å²) in [6.45, 7) is 9.66. The number of phosphoric ester groups is 2. The molecule has 97 heavy (non-hydrogen) atoms. The maximum atomic E-state index is 13.1. The van der Waals surface area contributed by atoms with E-state index in [9.17, 15) is 43.2 Å². The van der Waals surface area contributed by atoms with E-state index in [4.69, 9.17) is 37.0 Å². The van der Waals surface area contributed by atoms with Crippen LogP contribution in [0.25, 0.3) is 0 Å². The summed E-state index contributed by atoms with van der Waals surface area (Å²) in [6, 6.07) is 0. The number of aliphatic hydroxyl groups is 1. The fourth-order valence-electron chi connectivity index (χ4n) is 12.0. The minimum Gasteiger partial charge on any atom is -0.462 e. The fraction of sp³-hybridized carbons (Fsp3) is 0.949. The van der Waals surface area contributed by atoms with Gasteiger partial charge in [-0.05, 0) is 37.5 Å². The molecule has 0 aromatic rings. The number of esters is 4. The zero-order chi connectivity index (χ0) is 71.4. The Morgan fingerprint density at radius 1 is 0.299 bits per heavy atom. The third-order valence-corrected chi connectivity index (χ3v) is 20.5. The number of ether oxygens (including phenoxy) is 4. The third kappa shape index (κ3) is 70.9. The van der Waals surface area contributed by atoms with Gasteiger partial charge in [0, 0.05) is 25.7 Å². The van der Waals surface area contributed by atoms with Crippen LogP contribution in [0.2, 0.25) is 0 Å². The first-order valence-corrected chi connectivity index (χ1v) is 43.5. The van der Waals surface area contributed by atoms with Crippen LogP contribution in [0.5, 0.6) is 0 Å². The van der Waals surface area contributed by atoms with Gasteiger partial charge in [0.05, 0.1) is 26.4 Å². The molecule has 6 atom stereocenters. The molecule has 0 saturated heterocycles. The smallest absolute Gasteiger partial charge is 0.462 e. The van der Waals surface area contributed by atoms with Crippen LogP contribution in [0.3, 0.4) is 0 Å². The zero-order valence-corrected chi connectivity index (χ0v) is 65.2. The molecule has 0 amide bonds. The summed E-state index contributed by atoms with van der Waals surface area (Å²) in [5.41, 5.74) is 0. The predicted molar refractivity (Wildman–Crippen MR) is 395 cm³/mol. The Kier molecular flexibility index (Phi) is 68.4. The zero-order valence-electron chi connectivity index (χ0n) is 63.4. The molecular weight excluding hydrogens is 1270 g/mol. The average molecular weight is 1420 g/mol. The Bertz CT molecular complexity index is 1870. The van der Waals surface area contributed by atoms with Crippen LogP contribution in [0.15, 0.2) is 0 Å². The summed E-state index contributed by atoms with van der Waals surface area (Å²) in [6.07, 6.45) is 58.3. The van der Waals surface area contributed by atoms with Gasteiger partial charge < -0.3 is 33.8 Å². The minimum absolute atomic E-state index is 0.108. The summed E-state index contributed by atoms with van der Waals surface area (Å²) >= 11 is 0. The molecule has 17 nitrogen and oxygen atoms in total. The number of unbranched alkanes of at least 4 members (excludes halogenated alkanes) is 46. The number of phosphoric acid groups is 2. The molecular formula is C78H152O17P2. The van der Waals surface area contributed by atoms with Crippen LogP contribution in [-0.2, 0) is 65.4 Å². The molecule has 576 valence electrons. The van der Waals surface area contributed by atoms with Crippen molar-refractivity contribution in [3.8, 4) is 0 Å². The van der Waals surface area contributed by atoms with Gasteiger partial charge in [0.2, 0.25) is 0 Å². The lowest BCUT2D eigenvalue weighted by Crippen LogP contribution is -2.30. The average Bonchev–Trinajstić information content (AvgIpc) is 1.35. The van der Waals surface area contributed by atoms with Crippen LogP contribution in [0.1, 0.15) is 408 Å². The normalized spacial score (nSPS) is 14.2. The molecule has 3 N–H and O–H groups in total. The summed E-state index contributed by atoms with van der Waals surface area (Å²) < 4.78 is 68.5. The van der Waals surface area contributed by atoms with E-state index in [1.165, 1.54) is 212 Å². The first-order chi connectivity index (χ1) is 46.9. The topological polar surface area (TPSA) is 237 Å². The number of aliphatic hydroxyl groups excluding tert-OH is 1. The summed E-state index contributed by atoms with van der Waals surface area (Å²) in [4.78, 5) is 72.8. The van der Waals surface area contributed by atoms with Gasteiger partial charge in [0.15, 0.2) is 12.2 Å². The Labute approximate surface area is 594 Å². The van der Waals surface area contributed by atoms with Crippen molar-refractivity contribution in [1.82, 2.24) is 0 Å². The van der Waals surface area contributed by atoms with Crippen molar-refractivity contribution in [3.05, 3.63) is 0 Å². The van der Waals surface area contributed by atoms with Gasteiger partial charge in [-0.2, -0.15) is 0 Å². The van der Waals surface area contributed by atoms with Gasteiger partial charge in [-0.25, -0.2) is 9.13 Å². The second-order valence-corrected chi connectivity index (χ2v) is 31.7. The molecule has 0 heterocycles. The number of hydrogen-bond acceptors (Lipinski definition) is 15. The van der Waals surface area contributed by atoms with Crippen LogP contribution in [0.4, 0.5) is 0 Å². The van der Waals surface area contributed by atoms with E-state index in [0.29, 0.717) is 25.7 Å². The summed E-state index contributed by atoms with van der Waals surface area (Å²) in [5, 5.41) is 10.6. The summed E-state index contributed by atoms with van der Waals surface area (Å²) in [7, 11) is -9.91. The van der Waals surface area contributed by atoms with Crippen LogP contribution < -0.4 is 0 Å². The lowest BCUT2D eigenvalue weighted by Gasteiger charge is -2.21. The highest BCUT2D eigenvalue weighted by molar-refractivity contribution is 7.47. The van der Waals surface area contributed by atoms with Crippen molar-refractivity contribution in [3.63, 3.8) is 0 Å². The van der Waals surface area contributed by atoms with E-state index in [2.05, 4.69) is 41.5 Å². The molecule has 0 rings (SSSR count). The molecule has 0 spiro atoms. The lowest BCUT2D eigenvalue weighted by atomic mass is 9.99. The van der Waals surface area contributed by atoms with Gasteiger partial charge in [0.1, 0.15) is 19.3 Å². The molecule has 0 radical (unpaired) electrons. The van der Waals surface area contributed by atoms with Gasteiger partial charge in [-0.3, -0.25) is 37.3 Å². The standard InChI is InChI=1S/C78H152O17P2/c1-7-10-12-14-16-17-18-19-20-28-33-38-44-50-56-62-77(82)94-73(66-88-75(80)60-54-48-40-15-13-11-8-2)68-92-96(84,85)90-64-72(79)65-91-97(86,87)93-69-74(67-89-76(81)61-55-49-43-37-32-27-23-21-25-30-35-41-46-52-58-70(4)5)95-78(83)63-57-51-45-39-34-29-24-22-26-31-36-42-47-53-59-71(6)9-3/h70-74,79H,7-69H2,1-6H3,(H,84,85)(H,86,87)/t71?,72-,73+,74+/m0/s1. The highest BCUT2D eigenvalue weighted by Crippen LogP contribution is 2.45. The molecule has 19 heteroatoms. The molecule has 0 aromatic heterocycles. The van der Waals surface area contributed by atoms with Crippen molar-refractivity contribution in [1.29, 1.82) is 0 Å². The second-order valence-electron chi connectivity index (χ2n) is 28.8. The van der Waals surface area contributed by atoms with Crippen molar-refractivity contribution >= 4 is 39.5 Å². The first kappa shape index (κ1) is 95.1. The van der Waals surface area contributed by atoms with Crippen LogP contribution >= 0.6 is 15.6 Å². The van der Waals surface area contributed by atoms with E-state index < -0.39 is 97.5 Å². The van der Waals surface area contributed by atoms with Crippen molar-refractivity contribution in [2.75, 3.05) is 39.6 Å². The fourth-order valence-corrected chi connectivity index (χ4v) is 13.6. The number of carbonyl (C=O) groups is 4. The third-order valence-electron chi connectivity index (χ3n) is 18.6. The van der Waals surface area contributed by atoms with Crippen LogP contribution in [0, 0.1) is 11.8 Å². The molecule has 0 bridgehead atoms. The Balaban J connectivity index is 5.19. The Hall–Kier alpha value is -1.94. The monoisotopic (exact) mass is 1420 g/mol. The number of hydrogen-bond donors (Lipinski definition) is 3. The Morgan fingerprint density at radius 3 is 0.784 bits per heavy atom. The molecule has 0 aromatic carbocycles. The van der Waals surface area contributed by atoms with E-state index in [-0.39, 0.29) is 25.7 Å². The van der Waals surface area contributed by atoms with E-state index >= 15 is 0 Å². The molecule has 0 fully saturated rings. The highest BCUT2D eigenvalue weighted by Gasteiger charge is 2.30. The predicted octanol–water partition coefficient (Wildman–Crippen LogP) is 23.1. The highest BCUT2D eigenvalue weighted by atomic mass is 31.2. The maximum absolute atomic E-state index is 13.1. The molecule has 0 aliphatic rings. The largest absolute Gasteiger partial charge is 0.472 e. The first-order valence-electron chi connectivity index (χ1n) is 40.5. The molecule has 3 unspecified atom stereocenters. The number of carbonyl (C=O) groups excluding carboxylic acids is 4. The molecule has 0 aliphatic heterocycles. The van der Waals surface area contributed by atoms with Gasteiger partial charge in [0.25, 0.3) is 0 Å². The SMILES string of the molecule is CCCCCCCCCCCCCCCCCC(=O)O[C@H](COC(=O)CCCCCCCCC)COP(=O)(O)OC[C@H](O)COP(=O)(O)OC[C@@H](COC(=O)CCCCCCCCCCCCCCCCC(C)C)OC(=O)CCCCCCCCCCCCCCCCC(C)CC. The second kappa shape index (κ2) is 69.8. The quantitative estimate of drug-likeness (QED) is 0.0222. The molecule has 0 saturated carbocycles. The van der Waals surface area contributed by atoms with Gasteiger partial charge >= 0.3 is 39.5 Å². The molecule has 0 aliphatic carbocycles. The lowest BCUT2D eigenvalue weighted by molar-refractivity contribution is -0.161. The van der Waals surface area contributed by atoms with E-state index in [1.54, 1.807) is 0 Å². The van der Waals surface area contributed by atoms with E-state index in [0.717, 1.165) is 115 Å². The Morgan fingerprint density at radius 2 is 0.526 bits per heavy atom. The minimum atomic E-state index is -4.96. The summed E-state index contributed by atoms with van der Waals surface area (Å²) in [5.74, 6) is -0.471. The maximum Gasteiger partial charge on any atom is 0.472 e. The van der Waals surface area contributed by atoms with Gasteiger partial charge in [-0.15, -0.1) is 0 Å². The van der Waals surface area contributed by atoms with Crippen molar-refractivity contribution in [2.24, 2.45) is 11.8 Å². The van der Waals surface area contributed by atoms with E-state index in [1.807, 2.05) is 0 Å².